The maximum atomic E-state index is 6.22. The van der Waals surface area contributed by atoms with Crippen LogP contribution in [0.5, 0.6) is 0 Å². The molecular weight excluding hydrogens is 324 g/mol. The van der Waals surface area contributed by atoms with Crippen LogP contribution in [0.3, 0.4) is 0 Å². The average molecular weight is 346 g/mol. The monoisotopic (exact) mass is 344 g/mol. The zero-order chi connectivity index (χ0) is 14.2. The van der Waals surface area contributed by atoms with Crippen molar-refractivity contribution in [1.29, 1.82) is 0 Å². The maximum Gasteiger partial charge on any atom is 0.0595 e. The molecule has 106 valence electrons. The molecule has 2 rings (SSSR count). The van der Waals surface area contributed by atoms with Crippen LogP contribution in [0.25, 0.3) is 0 Å². The first-order valence-electron chi connectivity index (χ1n) is 6.74. The second kappa shape index (κ2) is 5.63. The van der Waals surface area contributed by atoms with Gasteiger partial charge in [0.25, 0.3) is 0 Å². The summed E-state index contributed by atoms with van der Waals surface area (Å²) in [6.07, 6.45) is 0. The van der Waals surface area contributed by atoms with Crippen molar-refractivity contribution in [3.63, 3.8) is 0 Å². The molecule has 0 saturated carbocycles. The molecule has 1 aromatic carbocycles. The second-order valence-electron chi connectivity index (χ2n) is 6.40. The van der Waals surface area contributed by atoms with Gasteiger partial charge in [0.2, 0.25) is 0 Å². The molecule has 2 unspecified atom stereocenters. The Hall–Kier alpha value is -0.250. The van der Waals surface area contributed by atoms with Gasteiger partial charge in [-0.05, 0) is 40.4 Å². The Labute approximate surface area is 129 Å². The zero-order valence-electron chi connectivity index (χ0n) is 12.0. The van der Waals surface area contributed by atoms with Crippen molar-refractivity contribution in [2.45, 2.75) is 39.8 Å². The summed E-state index contributed by atoms with van der Waals surface area (Å²) in [5, 5.41) is 4.43. The van der Waals surface area contributed by atoms with E-state index >= 15 is 0 Å². The van der Waals surface area contributed by atoms with Gasteiger partial charge in [-0.2, -0.15) is 0 Å². The summed E-state index contributed by atoms with van der Waals surface area (Å²) in [4.78, 5) is 2.45. The number of anilines is 1. The summed E-state index contributed by atoms with van der Waals surface area (Å²) in [7, 11) is 0. The zero-order valence-corrected chi connectivity index (χ0v) is 14.3. The summed E-state index contributed by atoms with van der Waals surface area (Å²) in [5.74, 6) is 0. The third-order valence-electron chi connectivity index (χ3n) is 3.86. The van der Waals surface area contributed by atoms with E-state index in [1.54, 1.807) is 0 Å². The molecule has 1 aliphatic rings. The van der Waals surface area contributed by atoms with Crippen molar-refractivity contribution in [3.05, 3.63) is 27.7 Å². The molecule has 2 atom stereocenters. The highest BCUT2D eigenvalue weighted by Gasteiger charge is 2.33. The van der Waals surface area contributed by atoms with Gasteiger partial charge in [0, 0.05) is 25.2 Å². The Balaban J connectivity index is 2.29. The minimum atomic E-state index is 0.253. The van der Waals surface area contributed by atoms with E-state index in [4.69, 9.17) is 11.6 Å². The van der Waals surface area contributed by atoms with Gasteiger partial charge in [0.15, 0.2) is 0 Å². The van der Waals surface area contributed by atoms with Crippen molar-refractivity contribution in [2.24, 2.45) is 5.41 Å². The van der Waals surface area contributed by atoms with Crippen LogP contribution in [-0.4, -0.2) is 25.2 Å². The molecule has 1 saturated heterocycles. The number of piperazine rings is 1. The summed E-state index contributed by atoms with van der Waals surface area (Å²) < 4.78 is 0.998. The topological polar surface area (TPSA) is 15.3 Å². The molecule has 1 heterocycles. The molecule has 0 radical (unpaired) electrons. The average Bonchev–Trinajstić information content (AvgIpc) is 2.32. The highest BCUT2D eigenvalue weighted by Crippen LogP contribution is 2.35. The van der Waals surface area contributed by atoms with Crippen LogP contribution in [0, 0.1) is 5.41 Å². The van der Waals surface area contributed by atoms with Gasteiger partial charge in [-0.15, -0.1) is 0 Å². The van der Waals surface area contributed by atoms with Gasteiger partial charge in [-0.3, -0.25) is 0 Å². The van der Waals surface area contributed by atoms with E-state index in [0.29, 0.717) is 12.1 Å². The fourth-order valence-corrected chi connectivity index (χ4v) is 3.16. The van der Waals surface area contributed by atoms with Gasteiger partial charge in [-0.1, -0.05) is 38.4 Å². The number of benzene rings is 1. The predicted molar refractivity (Wildman–Crippen MR) is 87.2 cm³/mol. The summed E-state index contributed by atoms with van der Waals surface area (Å²) in [5.41, 5.74) is 1.44. The molecule has 1 aromatic rings. The Morgan fingerprint density at radius 3 is 2.68 bits per heavy atom. The number of halogens is 2. The quantitative estimate of drug-likeness (QED) is 0.815. The lowest BCUT2D eigenvalue weighted by Crippen LogP contribution is -2.59. The Morgan fingerprint density at radius 1 is 1.37 bits per heavy atom. The molecule has 0 aliphatic carbocycles. The number of hydrogen-bond acceptors (Lipinski definition) is 2. The third kappa shape index (κ3) is 3.26. The maximum absolute atomic E-state index is 6.22. The third-order valence-corrected chi connectivity index (χ3v) is 5.23. The summed E-state index contributed by atoms with van der Waals surface area (Å²) in [6, 6.07) is 7.02. The number of nitrogens with one attached hydrogen (secondary N) is 1. The van der Waals surface area contributed by atoms with E-state index in [9.17, 15) is 0 Å². The van der Waals surface area contributed by atoms with Gasteiger partial charge >= 0.3 is 0 Å². The van der Waals surface area contributed by atoms with E-state index in [1.165, 1.54) is 5.69 Å². The van der Waals surface area contributed by atoms with Gasteiger partial charge in [-0.25, -0.2) is 0 Å². The van der Waals surface area contributed by atoms with Gasteiger partial charge < -0.3 is 10.2 Å². The van der Waals surface area contributed by atoms with E-state index in [1.807, 2.05) is 12.1 Å². The standard InChI is InChI=1S/C15H22BrClN2/c1-10-8-18-13(15(2,3)4)9-19(10)12-7-5-6-11(17)14(12)16/h5-7,10,13,18H,8-9H2,1-4H3. The molecule has 0 bridgehead atoms. The van der Waals surface area contributed by atoms with E-state index in [2.05, 4.69) is 59.9 Å². The Morgan fingerprint density at radius 2 is 2.05 bits per heavy atom. The summed E-state index contributed by atoms with van der Waals surface area (Å²) in [6.45, 7) is 11.1. The minimum absolute atomic E-state index is 0.253. The Bertz CT molecular complexity index is 456. The van der Waals surface area contributed by atoms with Crippen LogP contribution in [0.1, 0.15) is 27.7 Å². The normalized spacial score (nSPS) is 24.6. The molecule has 1 N–H and O–H groups in total. The molecule has 0 aromatic heterocycles. The number of hydrogen-bond donors (Lipinski definition) is 1. The SMILES string of the molecule is CC1CNC(C(C)(C)C)CN1c1cccc(Cl)c1Br. The first-order chi connectivity index (χ1) is 8.80. The van der Waals surface area contributed by atoms with Gasteiger partial charge in [0.1, 0.15) is 0 Å². The highest BCUT2D eigenvalue weighted by atomic mass is 79.9. The minimum Gasteiger partial charge on any atom is -0.365 e. The first kappa shape index (κ1) is 15.1. The van der Waals surface area contributed by atoms with Crippen LogP contribution in [-0.2, 0) is 0 Å². The molecule has 4 heteroatoms. The lowest BCUT2D eigenvalue weighted by Gasteiger charge is -2.45. The van der Waals surface area contributed by atoms with Crippen LogP contribution in [0.2, 0.25) is 5.02 Å². The molecule has 19 heavy (non-hydrogen) atoms. The van der Waals surface area contributed by atoms with E-state index < -0.39 is 0 Å². The molecule has 1 aliphatic heterocycles. The van der Waals surface area contributed by atoms with Crippen LogP contribution in [0.4, 0.5) is 5.69 Å². The molecule has 2 nitrogen and oxygen atoms in total. The van der Waals surface area contributed by atoms with Gasteiger partial charge in [0.05, 0.1) is 15.2 Å². The smallest absolute Gasteiger partial charge is 0.0595 e. The first-order valence-corrected chi connectivity index (χ1v) is 7.92. The number of nitrogens with zero attached hydrogens (tertiary/aromatic N) is 1. The van der Waals surface area contributed by atoms with Crippen molar-refractivity contribution in [1.82, 2.24) is 5.32 Å². The molecule has 1 fully saturated rings. The molecular formula is C15H22BrClN2. The Kier molecular flexibility index (Phi) is 4.49. The molecule has 0 amide bonds. The fourth-order valence-electron chi connectivity index (χ4n) is 2.49. The second-order valence-corrected chi connectivity index (χ2v) is 7.60. The van der Waals surface area contributed by atoms with Crippen LogP contribution >= 0.6 is 27.5 Å². The van der Waals surface area contributed by atoms with E-state index in [-0.39, 0.29) is 5.41 Å². The van der Waals surface area contributed by atoms with Crippen molar-refractivity contribution in [3.8, 4) is 0 Å². The highest BCUT2D eigenvalue weighted by molar-refractivity contribution is 9.10. The largest absolute Gasteiger partial charge is 0.365 e. The number of rotatable bonds is 1. The van der Waals surface area contributed by atoms with Crippen molar-refractivity contribution < 1.29 is 0 Å². The predicted octanol–water partition coefficient (Wildman–Crippen LogP) is 4.32. The van der Waals surface area contributed by atoms with Crippen molar-refractivity contribution in [2.75, 3.05) is 18.0 Å². The lowest BCUT2D eigenvalue weighted by molar-refractivity contribution is 0.239. The summed E-state index contributed by atoms with van der Waals surface area (Å²) >= 11 is 9.84. The molecule has 0 spiro atoms. The van der Waals surface area contributed by atoms with Crippen LogP contribution in [0.15, 0.2) is 22.7 Å². The lowest BCUT2D eigenvalue weighted by atomic mass is 9.84. The van der Waals surface area contributed by atoms with Crippen LogP contribution < -0.4 is 10.2 Å². The van der Waals surface area contributed by atoms with Crippen molar-refractivity contribution >= 4 is 33.2 Å². The van der Waals surface area contributed by atoms with E-state index in [0.717, 1.165) is 22.6 Å². The fraction of sp³-hybridized carbons (Fsp3) is 0.600.